The summed E-state index contributed by atoms with van der Waals surface area (Å²) in [5, 5.41) is 3.09. The predicted molar refractivity (Wildman–Crippen MR) is 89.0 cm³/mol. The minimum absolute atomic E-state index is 0.0565. The van der Waals surface area contributed by atoms with Crippen LogP contribution in [0.5, 0.6) is 0 Å². The molecule has 1 aromatic carbocycles. The summed E-state index contributed by atoms with van der Waals surface area (Å²) in [6.45, 7) is 6.57. The van der Waals surface area contributed by atoms with Gasteiger partial charge in [0.15, 0.2) is 0 Å². The molecule has 0 fully saturated rings. The van der Waals surface area contributed by atoms with Gasteiger partial charge in [0.2, 0.25) is 15.9 Å². The molecule has 1 rings (SSSR count). The van der Waals surface area contributed by atoms with E-state index in [0.717, 1.165) is 4.31 Å². The topological polar surface area (TPSA) is 66.5 Å². The summed E-state index contributed by atoms with van der Waals surface area (Å²) < 4.78 is 26.4. The molecule has 0 heterocycles. The SMILES string of the molecule is Cc1cc(Cl)c(C)c(S(=O)(=O)N(C)CC(=O)NC(C)C)c1Cl. The van der Waals surface area contributed by atoms with Gasteiger partial charge >= 0.3 is 0 Å². The number of hydrogen-bond acceptors (Lipinski definition) is 3. The lowest BCUT2D eigenvalue weighted by Gasteiger charge is -2.21. The monoisotopic (exact) mass is 366 g/mol. The highest BCUT2D eigenvalue weighted by Crippen LogP contribution is 2.34. The standard InChI is InChI=1S/C14H20Cl2N2O3S/c1-8(2)17-12(19)7-18(5)22(20,21)14-10(4)11(15)6-9(3)13(14)16/h6,8H,7H2,1-5H3,(H,17,19). The molecule has 124 valence electrons. The molecule has 0 aliphatic heterocycles. The van der Waals surface area contributed by atoms with E-state index >= 15 is 0 Å². The summed E-state index contributed by atoms with van der Waals surface area (Å²) in [7, 11) is -2.59. The number of likely N-dealkylation sites (N-methyl/N-ethyl adjacent to an activating group) is 1. The minimum Gasteiger partial charge on any atom is -0.353 e. The van der Waals surface area contributed by atoms with Crippen LogP contribution in [-0.2, 0) is 14.8 Å². The van der Waals surface area contributed by atoms with Crippen molar-refractivity contribution in [3.63, 3.8) is 0 Å². The Morgan fingerprint density at radius 2 is 1.86 bits per heavy atom. The Labute approximate surface area is 141 Å². The van der Waals surface area contributed by atoms with Gasteiger partial charge < -0.3 is 5.32 Å². The maximum absolute atomic E-state index is 12.7. The van der Waals surface area contributed by atoms with Crippen LogP contribution in [-0.4, -0.2) is 38.3 Å². The van der Waals surface area contributed by atoms with Crippen LogP contribution < -0.4 is 5.32 Å². The molecule has 0 aliphatic carbocycles. The van der Waals surface area contributed by atoms with Crippen molar-refractivity contribution in [2.75, 3.05) is 13.6 Å². The van der Waals surface area contributed by atoms with Crippen molar-refractivity contribution in [3.8, 4) is 0 Å². The highest BCUT2D eigenvalue weighted by Gasteiger charge is 2.29. The van der Waals surface area contributed by atoms with Crippen molar-refractivity contribution in [1.82, 2.24) is 9.62 Å². The van der Waals surface area contributed by atoms with Gasteiger partial charge in [-0.05, 0) is 44.9 Å². The second-order valence-electron chi connectivity index (χ2n) is 5.43. The quantitative estimate of drug-likeness (QED) is 0.870. The molecule has 0 spiro atoms. The van der Waals surface area contributed by atoms with Gasteiger partial charge in [0.25, 0.3) is 0 Å². The summed E-state index contributed by atoms with van der Waals surface area (Å²) >= 11 is 12.2. The molecule has 5 nitrogen and oxygen atoms in total. The largest absolute Gasteiger partial charge is 0.353 e. The van der Waals surface area contributed by atoms with E-state index in [1.807, 2.05) is 0 Å². The zero-order chi connectivity index (χ0) is 17.2. The third kappa shape index (κ3) is 4.13. The Kier molecular flexibility index (Phi) is 6.27. The molecule has 1 N–H and O–H groups in total. The van der Waals surface area contributed by atoms with Gasteiger partial charge in [0.1, 0.15) is 4.90 Å². The van der Waals surface area contributed by atoms with E-state index in [4.69, 9.17) is 23.2 Å². The summed E-state index contributed by atoms with van der Waals surface area (Å²) in [4.78, 5) is 11.7. The number of sulfonamides is 1. The fraction of sp³-hybridized carbons (Fsp3) is 0.500. The number of carbonyl (C=O) groups excluding carboxylic acids is 1. The molecule has 0 radical (unpaired) electrons. The molecule has 0 aliphatic rings. The van der Waals surface area contributed by atoms with Gasteiger partial charge in [0.05, 0.1) is 11.6 Å². The van der Waals surface area contributed by atoms with Crippen LogP contribution in [0.25, 0.3) is 0 Å². The normalized spacial score (nSPS) is 12.0. The average Bonchev–Trinajstić information content (AvgIpc) is 2.35. The summed E-state index contributed by atoms with van der Waals surface area (Å²) in [5.74, 6) is -0.381. The Hall–Kier alpha value is -0.820. The lowest BCUT2D eigenvalue weighted by Crippen LogP contribution is -2.41. The molecule has 0 saturated carbocycles. The number of amides is 1. The zero-order valence-electron chi connectivity index (χ0n) is 13.2. The molecule has 0 bridgehead atoms. The van der Waals surface area contributed by atoms with E-state index in [9.17, 15) is 13.2 Å². The molecule has 0 aromatic heterocycles. The molecular weight excluding hydrogens is 347 g/mol. The van der Waals surface area contributed by atoms with Crippen LogP contribution >= 0.6 is 23.2 Å². The molecule has 0 atom stereocenters. The van der Waals surface area contributed by atoms with Crippen molar-refractivity contribution in [2.24, 2.45) is 0 Å². The third-order valence-electron chi connectivity index (χ3n) is 3.07. The second kappa shape index (κ2) is 7.17. The lowest BCUT2D eigenvalue weighted by molar-refractivity contribution is -0.121. The van der Waals surface area contributed by atoms with Crippen molar-refractivity contribution in [3.05, 3.63) is 27.2 Å². The molecule has 8 heteroatoms. The number of hydrogen-bond donors (Lipinski definition) is 1. The maximum atomic E-state index is 12.7. The van der Waals surface area contributed by atoms with Gasteiger partial charge in [-0.2, -0.15) is 4.31 Å². The van der Waals surface area contributed by atoms with Crippen LogP contribution in [0.15, 0.2) is 11.0 Å². The Balaban J connectivity index is 3.23. The first-order valence-electron chi connectivity index (χ1n) is 6.69. The van der Waals surface area contributed by atoms with Gasteiger partial charge in [-0.1, -0.05) is 23.2 Å². The van der Waals surface area contributed by atoms with Crippen LogP contribution in [0.4, 0.5) is 0 Å². The molecule has 0 unspecified atom stereocenters. The molecule has 0 saturated heterocycles. The van der Waals surface area contributed by atoms with Gasteiger partial charge in [-0.15, -0.1) is 0 Å². The Morgan fingerprint density at radius 1 is 1.32 bits per heavy atom. The summed E-state index contributed by atoms with van der Waals surface area (Å²) in [6, 6.07) is 1.55. The van der Waals surface area contributed by atoms with Gasteiger partial charge in [-0.3, -0.25) is 4.79 Å². The minimum atomic E-state index is -3.92. The number of nitrogens with zero attached hydrogens (tertiary/aromatic N) is 1. The number of halogens is 2. The number of rotatable bonds is 5. The van der Waals surface area contributed by atoms with Gasteiger partial charge in [0, 0.05) is 18.1 Å². The van der Waals surface area contributed by atoms with E-state index in [2.05, 4.69) is 5.32 Å². The number of aryl methyl sites for hydroxylation is 1. The van der Waals surface area contributed by atoms with Crippen molar-refractivity contribution in [1.29, 1.82) is 0 Å². The maximum Gasteiger partial charge on any atom is 0.245 e. The fourth-order valence-electron chi connectivity index (χ4n) is 1.93. The van der Waals surface area contributed by atoms with E-state index in [1.54, 1.807) is 33.8 Å². The first-order chi connectivity index (χ1) is 9.98. The summed E-state index contributed by atoms with van der Waals surface area (Å²) in [5.41, 5.74) is 0.934. The third-order valence-corrected chi connectivity index (χ3v) is 6.04. The number of benzene rings is 1. The average molecular weight is 367 g/mol. The Morgan fingerprint density at radius 3 is 2.36 bits per heavy atom. The van der Waals surface area contributed by atoms with Crippen LogP contribution in [0, 0.1) is 13.8 Å². The van der Waals surface area contributed by atoms with Crippen molar-refractivity contribution in [2.45, 2.75) is 38.6 Å². The van der Waals surface area contributed by atoms with Crippen LogP contribution in [0.1, 0.15) is 25.0 Å². The first kappa shape index (κ1) is 19.2. The number of nitrogens with one attached hydrogen (secondary N) is 1. The van der Waals surface area contributed by atoms with E-state index in [0.29, 0.717) is 16.1 Å². The van der Waals surface area contributed by atoms with E-state index in [1.165, 1.54) is 7.05 Å². The van der Waals surface area contributed by atoms with E-state index in [-0.39, 0.29) is 28.4 Å². The van der Waals surface area contributed by atoms with Gasteiger partial charge in [-0.25, -0.2) is 8.42 Å². The molecule has 22 heavy (non-hydrogen) atoms. The second-order valence-corrected chi connectivity index (χ2v) is 8.19. The fourth-order valence-corrected chi connectivity index (χ4v) is 4.22. The van der Waals surface area contributed by atoms with Crippen molar-refractivity contribution >= 4 is 39.1 Å². The van der Waals surface area contributed by atoms with Crippen LogP contribution in [0.3, 0.4) is 0 Å². The Bertz CT molecular complexity index is 662. The highest BCUT2D eigenvalue weighted by atomic mass is 35.5. The van der Waals surface area contributed by atoms with Crippen molar-refractivity contribution < 1.29 is 13.2 Å². The zero-order valence-corrected chi connectivity index (χ0v) is 15.5. The lowest BCUT2D eigenvalue weighted by atomic mass is 10.2. The summed E-state index contributed by atoms with van der Waals surface area (Å²) in [6.07, 6.45) is 0. The number of carbonyl (C=O) groups is 1. The van der Waals surface area contributed by atoms with Crippen LogP contribution in [0.2, 0.25) is 10.0 Å². The predicted octanol–water partition coefficient (Wildman–Crippen LogP) is 2.76. The molecule has 1 aromatic rings. The smallest absolute Gasteiger partial charge is 0.245 e. The van der Waals surface area contributed by atoms with E-state index < -0.39 is 10.0 Å². The molecule has 1 amide bonds. The first-order valence-corrected chi connectivity index (χ1v) is 8.89. The highest BCUT2D eigenvalue weighted by molar-refractivity contribution is 7.89. The molecular formula is C14H20Cl2N2O3S.